The van der Waals surface area contributed by atoms with Crippen molar-refractivity contribution < 1.29 is 9.13 Å². The molecule has 28 heavy (non-hydrogen) atoms. The van der Waals surface area contributed by atoms with Crippen LogP contribution in [0.15, 0.2) is 48.7 Å². The van der Waals surface area contributed by atoms with E-state index in [1.165, 1.54) is 23.3 Å². The summed E-state index contributed by atoms with van der Waals surface area (Å²) in [5.74, 6) is -0.230. The molecule has 1 aromatic carbocycles. The van der Waals surface area contributed by atoms with Crippen molar-refractivity contribution in [3.05, 3.63) is 65.8 Å². The number of rotatable bonds is 6. The molecule has 2 aliphatic carbocycles. The lowest BCUT2D eigenvalue weighted by Crippen LogP contribution is -2.54. The Bertz CT molecular complexity index is 894. The fraction of sp³-hybridized carbons (Fsp3) is 0.458. The van der Waals surface area contributed by atoms with Crippen LogP contribution in [0, 0.1) is 11.2 Å². The molecule has 4 rings (SSSR count). The number of hydrogen-bond donors (Lipinski definition) is 0. The van der Waals surface area contributed by atoms with E-state index < -0.39 is 0 Å². The van der Waals surface area contributed by atoms with Gasteiger partial charge in [-0.05, 0) is 68.0 Å². The van der Waals surface area contributed by atoms with Gasteiger partial charge in [-0.2, -0.15) is 5.10 Å². The Morgan fingerprint density at radius 1 is 1.32 bits per heavy atom. The summed E-state index contributed by atoms with van der Waals surface area (Å²) in [5, 5.41) is 4.64. The highest BCUT2D eigenvalue weighted by atomic mass is 19.1. The van der Waals surface area contributed by atoms with Crippen molar-refractivity contribution in [1.29, 1.82) is 0 Å². The Hall–Kier alpha value is -2.20. The number of halogens is 1. The monoisotopic (exact) mass is 380 g/mol. The summed E-state index contributed by atoms with van der Waals surface area (Å²) < 4.78 is 21.8. The molecule has 2 atom stereocenters. The van der Waals surface area contributed by atoms with E-state index in [1.807, 2.05) is 17.0 Å². The van der Waals surface area contributed by atoms with E-state index in [0.717, 1.165) is 49.9 Å². The first-order valence-corrected chi connectivity index (χ1v) is 10.3. The molecule has 0 amide bonds. The molecule has 0 spiro atoms. The minimum atomic E-state index is -0.230. The summed E-state index contributed by atoms with van der Waals surface area (Å²) >= 11 is 0. The normalized spacial score (nSPS) is 26.3. The van der Waals surface area contributed by atoms with E-state index in [0.29, 0.717) is 6.61 Å². The van der Waals surface area contributed by atoms with E-state index >= 15 is 0 Å². The van der Waals surface area contributed by atoms with Crippen LogP contribution in [0.4, 0.5) is 4.39 Å². The average molecular weight is 381 g/mol. The van der Waals surface area contributed by atoms with Gasteiger partial charge >= 0.3 is 0 Å². The molecule has 2 aromatic rings. The molecule has 0 bridgehead atoms. The Kier molecular flexibility index (Phi) is 5.00. The molecule has 0 aliphatic heterocycles. The van der Waals surface area contributed by atoms with Gasteiger partial charge in [-0.3, -0.25) is 0 Å². The van der Waals surface area contributed by atoms with Crippen LogP contribution in [0.1, 0.15) is 57.2 Å². The van der Waals surface area contributed by atoms with Gasteiger partial charge in [0, 0.05) is 5.41 Å². The predicted molar refractivity (Wildman–Crippen MR) is 111 cm³/mol. The van der Waals surface area contributed by atoms with Crippen LogP contribution in [0.3, 0.4) is 0 Å². The highest BCUT2D eigenvalue weighted by Gasteiger charge is 2.54. The summed E-state index contributed by atoms with van der Waals surface area (Å²) in [4.78, 5) is 0. The Labute approximate surface area is 166 Å². The zero-order valence-corrected chi connectivity index (χ0v) is 16.9. The van der Waals surface area contributed by atoms with Gasteiger partial charge in [-0.25, -0.2) is 9.07 Å². The minimum Gasteiger partial charge on any atom is -0.370 e. The molecule has 0 saturated heterocycles. The zero-order chi connectivity index (χ0) is 19.8. The zero-order valence-electron chi connectivity index (χ0n) is 16.9. The second-order valence-corrected chi connectivity index (χ2v) is 8.32. The average Bonchev–Trinajstić information content (AvgIpc) is 3.08. The molecule has 0 N–H and O–H groups in total. The van der Waals surface area contributed by atoms with Crippen molar-refractivity contribution in [2.45, 2.75) is 58.0 Å². The molecule has 148 valence electrons. The van der Waals surface area contributed by atoms with Gasteiger partial charge in [0.25, 0.3) is 0 Å². The van der Waals surface area contributed by atoms with Crippen molar-refractivity contribution in [2.75, 3.05) is 6.61 Å². The van der Waals surface area contributed by atoms with Gasteiger partial charge in [0.1, 0.15) is 5.82 Å². The second-order valence-electron chi connectivity index (χ2n) is 8.32. The fourth-order valence-electron chi connectivity index (χ4n) is 5.26. The first-order chi connectivity index (χ1) is 13.5. The van der Waals surface area contributed by atoms with Crippen LogP contribution >= 0.6 is 0 Å². The third kappa shape index (κ3) is 2.95. The van der Waals surface area contributed by atoms with E-state index in [1.54, 1.807) is 12.1 Å². The van der Waals surface area contributed by atoms with E-state index in [-0.39, 0.29) is 16.8 Å². The van der Waals surface area contributed by atoms with Gasteiger partial charge in [-0.1, -0.05) is 31.9 Å². The van der Waals surface area contributed by atoms with E-state index in [9.17, 15) is 4.39 Å². The third-order valence-corrected chi connectivity index (χ3v) is 6.68. The van der Waals surface area contributed by atoms with Crippen molar-refractivity contribution in [3.8, 4) is 5.69 Å². The SMILES string of the molecule is C=CCO[C@@]1(CCC)CCCC2=Cc3c(cnn3-c3ccc(F)cc3)C[C@@]21C. The molecule has 1 fully saturated rings. The minimum absolute atomic E-state index is 0.0338. The van der Waals surface area contributed by atoms with Gasteiger partial charge in [0.2, 0.25) is 0 Å². The highest BCUT2D eigenvalue weighted by Crippen LogP contribution is 2.56. The standard InChI is InChI=1S/C24H29FN2O/c1-4-12-24(28-14-5-2)13-6-7-19-15-22-18(16-23(19,24)3)17-26-27(22)21-10-8-20(25)9-11-21/h5,8-11,15,17H,2,4,6-7,12-14,16H2,1,3H3/t23-,24-/m0/s1. The molecule has 1 saturated carbocycles. The molecular formula is C24H29FN2O. The topological polar surface area (TPSA) is 27.1 Å². The molecule has 0 unspecified atom stereocenters. The number of hydrogen-bond acceptors (Lipinski definition) is 2. The summed E-state index contributed by atoms with van der Waals surface area (Å²) in [6, 6.07) is 6.54. The van der Waals surface area contributed by atoms with Crippen molar-refractivity contribution >= 4 is 6.08 Å². The molecule has 2 aliphatic rings. The summed E-state index contributed by atoms with van der Waals surface area (Å²) in [5.41, 5.74) is 4.51. The van der Waals surface area contributed by atoms with Crippen LogP contribution < -0.4 is 0 Å². The van der Waals surface area contributed by atoms with Crippen LogP contribution in [0.25, 0.3) is 11.8 Å². The first-order valence-electron chi connectivity index (χ1n) is 10.3. The van der Waals surface area contributed by atoms with Gasteiger partial charge in [0.05, 0.1) is 29.8 Å². The fourth-order valence-corrected chi connectivity index (χ4v) is 5.26. The maximum Gasteiger partial charge on any atom is 0.123 e. The lowest BCUT2D eigenvalue weighted by atomic mass is 9.56. The van der Waals surface area contributed by atoms with Gasteiger partial charge < -0.3 is 4.74 Å². The maximum atomic E-state index is 13.3. The number of aromatic nitrogens is 2. The van der Waals surface area contributed by atoms with Crippen molar-refractivity contribution in [3.63, 3.8) is 0 Å². The number of ether oxygens (including phenoxy) is 1. The molecule has 1 aromatic heterocycles. The van der Waals surface area contributed by atoms with Gasteiger partial charge in [0.15, 0.2) is 0 Å². The smallest absolute Gasteiger partial charge is 0.123 e. The summed E-state index contributed by atoms with van der Waals surface area (Å²) in [7, 11) is 0. The summed E-state index contributed by atoms with van der Waals surface area (Å²) in [6.07, 6.45) is 12.5. The third-order valence-electron chi connectivity index (χ3n) is 6.68. The first kappa shape index (κ1) is 19.1. The molecular weight excluding hydrogens is 351 g/mol. The lowest BCUT2D eigenvalue weighted by Gasteiger charge is -2.54. The molecule has 1 heterocycles. The van der Waals surface area contributed by atoms with Crippen LogP contribution in [0.2, 0.25) is 0 Å². The van der Waals surface area contributed by atoms with E-state index in [4.69, 9.17) is 4.74 Å². The molecule has 0 radical (unpaired) electrons. The van der Waals surface area contributed by atoms with Crippen LogP contribution in [-0.4, -0.2) is 22.0 Å². The largest absolute Gasteiger partial charge is 0.370 e. The lowest BCUT2D eigenvalue weighted by molar-refractivity contribution is -0.129. The number of nitrogens with zero attached hydrogens (tertiary/aromatic N) is 2. The van der Waals surface area contributed by atoms with Crippen molar-refractivity contribution in [2.24, 2.45) is 5.41 Å². The second kappa shape index (κ2) is 7.32. The van der Waals surface area contributed by atoms with Gasteiger partial charge in [-0.15, -0.1) is 6.58 Å². The Morgan fingerprint density at radius 3 is 2.82 bits per heavy atom. The Morgan fingerprint density at radius 2 is 2.11 bits per heavy atom. The van der Waals surface area contributed by atoms with Crippen LogP contribution in [0.5, 0.6) is 0 Å². The van der Waals surface area contributed by atoms with E-state index in [2.05, 4.69) is 31.6 Å². The highest BCUT2D eigenvalue weighted by molar-refractivity contribution is 5.62. The summed E-state index contributed by atoms with van der Waals surface area (Å²) in [6.45, 7) is 9.06. The van der Waals surface area contributed by atoms with Crippen molar-refractivity contribution in [1.82, 2.24) is 9.78 Å². The maximum absolute atomic E-state index is 13.3. The predicted octanol–water partition coefficient (Wildman–Crippen LogP) is 5.88. The number of fused-ring (bicyclic) bond motifs is 2. The number of benzene rings is 1. The Balaban J connectivity index is 1.77. The quantitative estimate of drug-likeness (QED) is 0.585. The van der Waals surface area contributed by atoms with Crippen LogP contribution in [-0.2, 0) is 11.2 Å². The molecule has 3 nitrogen and oxygen atoms in total. The molecule has 4 heteroatoms.